The monoisotopic (exact) mass is 917 g/mol. The van der Waals surface area contributed by atoms with Crippen molar-refractivity contribution in [3.63, 3.8) is 0 Å². The SMILES string of the molecule is CCCCCCCC/C=C/CCCCCCCCCCCC(=O)OC[C@@H](COC(=O)CCCCCCCCCCCCCCCC)OC(=O)CCCCCCCCCCCCCCCC. The lowest BCUT2D eigenvalue weighted by Crippen LogP contribution is -2.30. The zero-order valence-corrected chi connectivity index (χ0v) is 44.0. The molecule has 0 aromatic rings. The van der Waals surface area contributed by atoms with Crippen LogP contribution >= 0.6 is 0 Å². The molecule has 0 fully saturated rings. The molecule has 1 atom stereocenters. The molecular weight excluding hydrogens is 805 g/mol. The van der Waals surface area contributed by atoms with E-state index in [1.54, 1.807) is 0 Å². The molecule has 6 heteroatoms. The van der Waals surface area contributed by atoms with E-state index in [0.29, 0.717) is 19.3 Å². The number of hydrogen-bond acceptors (Lipinski definition) is 6. The number of esters is 3. The summed E-state index contributed by atoms with van der Waals surface area (Å²) in [5.41, 5.74) is 0. The van der Waals surface area contributed by atoms with E-state index in [-0.39, 0.29) is 31.1 Å². The zero-order chi connectivity index (χ0) is 47.2. The third-order valence-corrected chi connectivity index (χ3v) is 13.3. The van der Waals surface area contributed by atoms with Gasteiger partial charge in [0, 0.05) is 19.3 Å². The highest BCUT2D eigenvalue weighted by Gasteiger charge is 2.19. The number of unbranched alkanes of at least 4 members (excludes halogenated alkanes) is 41. The van der Waals surface area contributed by atoms with E-state index in [0.717, 1.165) is 57.8 Å². The van der Waals surface area contributed by atoms with Crippen LogP contribution in [-0.4, -0.2) is 37.2 Å². The molecule has 0 radical (unpaired) electrons. The van der Waals surface area contributed by atoms with Crippen molar-refractivity contribution >= 4 is 17.9 Å². The Kier molecular flexibility index (Phi) is 53.2. The minimum atomic E-state index is -0.764. The van der Waals surface area contributed by atoms with Crippen molar-refractivity contribution in [2.75, 3.05) is 13.2 Å². The van der Waals surface area contributed by atoms with Crippen LogP contribution in [0.5, 0.6) is 0 Å². The Bertz CT molecular complexity index is 1010. The number of carbonyl (C=O) groups is 3. The molecule has 0 N–H and O–H groups in total. The lowest BCUT2D eigenvalue weighted by molar-refractivity contribution is -0.167. The predicted octanol–water partition coefficient (Wildman–Crippen LogP) is 19.3. The number of hydrogen-bond donors (Lipinski definition) is 0. The van der Waals surface area contributed by atoms with Gasteiger partial charge in [0.15, 0.2) is 6.10 Å². The Morgan fingerprint density at radius 2 is 0.508 bits per heavy atom. The predicted molar refractivity (Wildman–Crippen MR) is 280 cm³/mol. The topological polar surface area (TPSA) is 78.9 Å². The van der Waals surface area contributed by atoms with E-state index >= 15 is 0 Å². The number of carbonyl (C=O) groups excluding carboxylic acids is 3. The van der Waals surface area contributed by atoms with Gasteiger partial charge in [0.05, 0.1) is 0 Å². The second-order valence-corrected chi connectivity index (χ2v) is 19.9. The maximum atomic E-state index is 12.8. The van der Waals surface area contributed by atoms with Crippen LogP contribution in [0.2, 0.25) is 0 Å². The molecule has 0 rings (SSSR count). The number of ether oxygens (including phenoxy) is 3. The average Bonchev–Trinajstić information content (AvgIpc) is 3.30. The molecule has 0 amide bonds. The highest BCUT2D eigenvalue weighted by molar-refractivity contribution is 5.71. The van der Waals surface area contributed by atoms with Crippen LogP contribution in [0.15, 0.2) is 12.2 Å². The molecule has 0 unspecified atom stereocenters. The molecule has 6 nitrogen and oxygen atoms in total. The summed E-state index contributed by atoms with van der Waals surface area (Å²) in [5.74, 6) is -0.842. The highest BCUT2D eigenvalue weighted by atomic mass is 16.6. The first-order chi connectivity index (χ1) is 32.0. The van der Waals surface area contributed by atoms with Gasteiger partial charge in [-0.2, -0.15) is 0 Å². The molecule has 0 aromatic carbocycles. The fourth-order valence-corrected chi connectivity index (χ4v) is 8.85. The van der Waals surface area contributed by atoms with Gasteiger partial charge in [0.2, 0.25) is 0 Å². The van der Waals surface area contributed by atoms with E-state index in [4.69, 9.17) is 14.2 Å². The summed E-state index contributed by atoms with van der Waals surface area (Å²) in [6.45, 7) is 6.69. The quantitative estimate of drug-likeness (QED) is 0.0262. The molecule has 0 heterocycles. The van der Waals surface area contributed by atoms with Gasteiger partial charge in [0.1, 0.15) is 13.2 Å². The van der Waals surface area contributed by atoms with Crippen LogP contribution in [0.25, 0.3) is 0 Å². The molecule has 0 aliphatic heterocycles. The van der Waals surface area contributed by atoms with Crippen molar-refractivity contribution in [1.82, 2.24) is 0 Å². The molecule has 0 saturated heterocycles. The fraction of sp³-hybridized carbons (Fsp3) is 0.915. The Balaban J connectivity index is 4.29. The summed E-state index contributed by atoms with van der Waals surface area (Å²) in [7, 11) is 0. The normalized spacial score (nSPS) is 12.0. The summed E-state index contributed by atoms with van der Waals surface area (Å²) < 4.78 is 16.9. The van der Waals surface area contributed by atoms with Gasteiger partial charge >= 0.3 is 17.9 Å². The van der Waals surface area contributed by atoms with Gasteiger partial charge in [-0.15, -0.1) is 0 Å². The van der Waals surface area contributed by atoms with Gasteiger partial charge in [-0.1, -0.05) is 277 Å². The van der Waals surface area contributed by atoms with Crippen LogP contribution in [0.3, 0.4) is 0 Å². The largest absolute Gasteiger partial charge is 0.462 e. The van der Waals surface area contributed by atoms with Crippen molar-refractivity contribution in [2.24, 2.45) is 0 Å². The van der Waals surface area contributed by atoms with Crippen molar-refractivity contribution in [3.05, 3.63) is 12.2 Å². The Morgan fingerprint density at radius 3 is 0.769 bits per heavy atom. The standard InChI is InChI=1S/C59H112O6/c1-4-7-10-13-16-19-22-25-28-29-30-31-32-35-37-40-43-46-49-52-58(61)64-55-56(65-59(62)53-50-47-44-41-38-34-27-24-21-18-15-12-9-6-3)54-63-57(60)51-48-45-42-39-36-33-26-23-20-17-14-11-8-5-2/h25,28,56H,4-24,26-27,29-55H2,1-3H3/b28-25+/t56-/m1/s1. The van der Waals surface area contributed by atoms with Crippen molar-refractivity contribution in [3.8, 4) is 0 Å². The van der Waals surface area contributed by atoms with Gasteiger partial charge < -0.3 is 14.2 Å². The van der Waals surface area contributed by atoms with Gasteiger partial charge in [-0.25, -0.2) is 0 Å². The van der Waals surface area contributed by atoms with E-state index in [2.05, 4.69) is 32.9 Å². The second-order valence-electron chi connectivity index (χ2n) is 19.9. The molecule has 0 spiro atoms. The number of rotatable bonds is 54. The van der Waals surface area contributed by atoms with E-state index in [1.807, 2.05) is 0 Å². The highest BCUT2D eigenvalue weighted by Crippen LogP contribution is 2.17. The fourth-order valence-electron chi connectivity index (χ4n) is 8.85. The van der Waals surface area contributed by atoms with Gasteiger partial charge in [-0.05, 0) is 44.9 Å². The lowest BCUT2D eigenvalue weighted by atomic mass is 10.0. The van der Waals surface area contributed by atoms with Crippen LogP contribution < -0.4 is 0 Å². The first kappa shape index (κ1) is 63.1. The third-order valence-electron chi connectivity index (χ3n) is 13.3. The Hall–Kier alpha value is -1.85. The summed E-state index contributed by atoms with van der Waals surface area (Å²) in [6, 6.07) is 0. The van der Waals surface area contributed by atoms with E-state index in [9.17, 15) is 14.4 Å². The van der Waals surface area contributed by atoms with Crippen LogP contribution in [0.1, 0.15) is 329 Å². The smallest absolute Gasteiger partial charge is 0.306 e. The molecule has 0 saturated carbocycles. The van der Waals surface area contributed by atoms with E-state index in [1.165, 1.54) is 231 Å². The molecule has 0 aliphatic rings. The molecule has 0 aliphatic carbocycles. The first-order valence-corrected chi connectivity index (χ1v) is 29.2. The maximum Gasteiger partial charge on any atom is 0.306 e. The lowest BCUT2D eigenvalue weighted by Gasteiger charge is -2.18. The Morgan fingerprint density at radius 1 is 0.292 bits per heavy atom. The van der Waals surface area contributed by atoms with Crippen LogP contribution in [0, 0.1) is 0 Å². The van der Waals surface area contributed by atoms with Crippen LogP contribution in [-0.2, 0) is 28.6 Å². The first-order valence-electron chi connectivity index (χ1n) is 29.2. The molecule has 65 heavy (non-hydrogen) atoms. The number of allylic oxidation sites excluding steroid dienone is 2. The Labute approximate surface area is 405 Å². The van der Waals surface area contributed by atoms with Crippen molar-refractivity contribution in [1.29, 1.82) is 0 Å². The molecular formula is C59H112O6. The summed E-state index contributed by atoms with van der Waals surface area (Å²) in [6.07, 6.45) is 62.0. The summed E-state index contributed by atoms with van der Waals surface area (Å²) >= 11 is 0. The summed E-state index contributed by atoms with van der Waals surface area (Å²) in [5, 5.41) is 0. The van der Waals surface area contributed by atoms with Crippen LogP contribution in [0.4, 0.5) is 0 Å². The van der Waals surface area contributed by atoms with Crippen molar-refractivity contribution < 1.29 is 28.6 Å². The average molecular weight is 918 g/mol. The minimum absolute atomic E-state index is 0.0643. The summed E-state index contributed by atoms with van der Waals surface area (Å²) in [4.78, 5) is 38.1. The van der Waals surface area contributed by atoms with Crippen molar-refractivity contribution in [2.45, 2.75) is 335 Å². The maximum absolute atomic E-state index is 12.8. The third kappa shape index (κ3) is 53.0. The molecule has 384 valence electrons. The molecule has 0 aromatic heterocycles. The molecule has 0 bridgehead atoms. The second kappa shape index (κ2) is 54.8. The van der Waals surface area contributed by atoms with E-state index < -0.39 is 6.10 Å². The minimum Gasteiger partial charge on any atom is -0.462 e. The zero-order valence-electron chi connectivity index (χ0n) is 44.0. The van der Waals surface area contributed by atoms with Gasteiger partial charge in [0.25, 0.3) is 0 Å². The van der Waals surface area contributed by atoms with Gasteiger partial charge in [-0.3, -0.25) is 14.4 Å².